The summed E-state index contributed by atoms with van der Waals surface area (Å²) in [5.74, 6) is 0. The molecule has 3 atom stereocenters. The Labute approximate surface area is 134 Å². The van der Waals surface area contributed by atoms with Gasteiger partial charge in [0.25, 0.3) is 0 Å². The molecule has 2 aliphatic heterocycles. The summed E-state index contributed by atoms with van der Waals surface area (Å²) in [6.45, 7) is 4.04. The van der Waals surface area contributed by atoms with Gasteiger partial charge in [-0.15, -0.1) is 0 Å². The van der Waals surface area contributed by atoms with Crippen LogP contribution in [0.5, 0.6) is 0 Å². The van der Waals surface area contributed by atoms with Crippen LogP contribution >= 0.6 is 11.8 Å². The maximum absolute atomic E-state index is 11.0. The highest BCUT2D eigenvalue weighted by Gasteiger charge is 2.72. The van der Waals surface area contributed by atoms with Crippen LogP contribution in [0.1, 0.15) is 31.9 Å². The van der Waals surface area contributed by atoms with Crippen molar-refractivity contribution < 1.29 is 9.84 Å². The normalized spacial score (nSPS) is 33.0. The standard InChI is InChI=1S/C18H19NO2S/c1-17(2)18(21-17,15(20)12-8-4-3-5-9-12)16-19-13-10-6-7-11-14(13)22-16/h3-5,7-11,14-15,20H,6H2,1-2H3/t14?,15-,18-/m0/s1. The minimum absolute atomic E-state index is 0.267. The number of rotatable bonds is 3. The Kier molecular flexibility index (Phi) is 3.12. The molecule has 0 bridgehead atoms. The number of benzene rings is 1. The predicted octanol–water partition coefficient (Wildman–Crippen LogP) is 3.63. The predicted molar refractivity (Wildman–Crippen MR) is 90.0 cm³/mol. The van der Waals surface area contributed by atoms with Crippen LogP contribution in [0.25, 0.3) is 0 Å². The third kappa shape index (κ3) is 1.94. The van der Waals surface area contributed by atoms with Crippen molar-refractivity contribution in [3.05, 3.63) is 59.8 Å². The highest BCUT2D eigenvalue weighted by molar-refractivity contribution is 8.15. The van der Waals surface area contributed by atoms with E-state index in [-0.39, 0.29) is 5.25 Å². The molecule has 4 rings (SSSR count). The Morgan fingerprint density at radius 1 is 1.32 bits per heavy atom. The Bertz CT molecular complexity index is 692. The third-order valence-electron chi connectivity index (χ3n) is 4.62. The summed E-state index contributed by atoms with van der Waals surface area (Å²) in [4.78, 5) is 4.79. The maximum Gasteiger partial charge on any atom is 0.175 e. The molecule has 0 spiro atoms. The number of aliphatic hydroxyl groups excluding tert-OH is 1. The van der Waals surface area contributed by atoms with Gasteiger partial charge in [0.2, 0.25) is 0 Å². The van der Waals surface area contributed by atoms with Gasteiger partial charge in [0.1, 0.15) is 16.7 Å². The molecule has 3 aliphatic rings. The first kappa shape index (κ1) is 14.2. The number of allylic oxidation sites excluding steroid dienone is 2. The molecule has 1 aromatic rings. The highest BCUT2D eigenvalue weighted by Crippen LogP contribution is 2.60. The fourth-order valence-corrected chi connectivity index (χ4v) is 4.73. The smallest absolute Gasteiger partial charge is 0.175 e. The molecule has 114 valence electrons. The quantitative estimate of drug-likeness (QED) is 0.684. The van der Waals surface area contributed by atoms with Crippen LogP contribution < -0.4 is 0 Å². The van der Waals surface area contributed by atoms with Crippen LogP contribution in [-0.4, -0.2) is 26.6 Å². The van der Waals surface area contributed by atoms with Gasteiger partial charge in [0.05, 0.1) is 10.9 Å². The topological polar surface area (TPSA) is 45.1 Å². The molecule has 0 amide bonds. The molecule has 0 radical (unpaired) electrons. The second-order valence-electron chi connectivity index (χ2n) is 6.41. The number of hydrogen-bond donors (Lipinski definition) is 1. The molecule has 1 aliphatic carbocycles. The van der Waals surface area contributed by atoms with Crippen LogP contribution in [-0.2, 0) is 4.74 Å². The first-order valence-corrected chi connectivity index (χ1v) is 8.48. The molecule has 1 unspecified atom stereocenters. The number of aliphatic imine (C=N–C) groups is 1. The van der Waals surface area contributed by atoms with Crippen LogP contribution in [0.3, 0.4) is 0 Å². The van der Waals surface area contributed by atoms with Gasteiger partial charge in [-0.05, 0) is 25.8 Å². The summed E-state index contributed by atoms with van der Waals surface area (Å²) in [5, 5.41) is 12.2. The number of aliphatic hydroxyl groups is 1. The van der Waals surface area contributed by atoms with Crippen molar-refractivity contribution in [2.24, 2.45) is 4.99 Å². The van der Waals surface area contributed by atoms with Crippen molar-refractivity contribution in [3.63, 3.8) is 0 Å². The molecule has 3 nitrogen and oxygen atoms in total. The van der Waals surface area contributed by atoms with E-state index < -0.39 is 17.3 Å². The summed E-state index contributed by atoms with van der Waals surface area (Å²) < 4.78 is 6.05. The number of epoxide rings is 1. The third-order valence-corrected chi connectivity index (χ3v) is 5.89. The minimum atomic E-state index is -0.731. The van der Waals surface area contributed by atoms with Crippen LogP contribution in [0.4, 0.5) is 0 Å². The van der Waals surface area contributed by atoms with Gasteiger partial charge in [0.15, 0.2) is 5.60 Å². The number of nitrogens with zero attached hydrogens (tertiary/aromatic N) is 1. The fraction of sp³-hybridized carbons (Fsp3) is 0.389. The monoisotopic (exact) mass is 313 g/mol. The van der Waals surface area contributed by atoms with E-state index in [1.165, 1.54) is 0 Å². The summed E-state index contributed by atoms with van der Waals surface area (Å²) in [6.07, 6.45) is 6.73. The molecule has 4 heteroatoms. The lowest BCUT2D eigenvalue weighted by atomic mass is 9.87. The van der Waals surface area contributed by atoms with E-state index in [1.807, 2.05) is 44.2 Å². The summed E-state index contributed by atoms with van der Waals surface area (Å²) in [5.41, 5.74) is 0.820. The zero-order valence-corrected chi connectivity index (χ0v) is 13.5. The average Bonchev–Trinajstić information content (AvgIpc) is 2.92. The first-order chi connectivity index (χ1) is 10.5. The summed E-state index contributed by atoms with van der Waals surface area (Å²) >= 11 is 1.70. The molecular weight excluding hydrogens is 294 g/mol. The van der Waals surface area contributed by atoms with Crippen molar-refractivity contribution >= 4 is 16.8 Å². The van der Waals surface area contributed by atoms with Crippen molar-refractivity contribution in [3.8, 4) is 0 Å². The number of ether oxygens (including phenoxy) is 1. The molecule has 1 fully saturated rings. The molecule has 1 aromatic carbocycles. The molecule has 0 aromatic heterocycles. The zero-order valence-electron chi connectivity index (χ0n) is 12.7. The minimum Gasteiger partial charge on any atom is -0.385 e. The Morgan fingerprint density at radius 3 is 2.68 bits per heavy atom. The molecule has 22 heavy (non-hydrogen) atoms. The van der Waals surface area contributed by atoms with Gasteiger partial charge in [-0.3, -0.25) is 0 Å². The Balaban J connectivity index is 1.72. The van der Waals surface area contributed by atoms with Gasteiger partial charge in [0, 0.05) is 0 Å². The second-order valence-corrected chi connectivity index (χ2v) is 7.54. The van der Waals surface area contributed by atoms with E-state index in [4.69, 9.17) is 9.73 Å². The van der Waals surface area contributed by atoms with Gasteiger partial charge in [-0.25, -0.2) is 4.99 Å². The van der Waals surface area contributed by atoms with E-state index in [1.54, 1.807) is 11.8 Å². The van der Waals surface area contributed by atoms with E-state index >= 15 is 0 Å². The van der Waals surface area contributed by atoms with Gasteiger partial charge in [-0.2, -0.15) is 0 Å². The Morgan fingerprint density at radius 2 is 2.05 bits per heavy atom. The average molecular weight is 313 g/mol. The van der Waals surface area contributed by atoms with E-state index in [0.717, 1.165) is 22.7 Å². The second kappa shape index (κ2) is 4.82. The molecule has 0 saturated carbocycles. The fourth-order valence-electron chi connectivity index (χ4n) is 3.30. The zero-order chi connectivity index (χ0) is 15.4. The van der Waals surface area contributed by atoms with E-state index in [9.17, 15) is 5.11 Å². The van der Waals surface area contributed by atoms with Crippen molar-refractivity contribution in [1.29, 1.82) is 0 Å². The van der Waals surface area contributed by atoms with Crippen molar-refractivity contribution in [2.45, 2.75) is 42.8 Å². The molecular formula is C18H19NO2S. The largest absolute Gasteiger partial charge is 0.385 e. The lowest BCUT2D eigenvalue weighted by molar-refractivity contribution is 0.112. The SMILES string of the molecule is CC1(C)O[C@]1(C1=NC2=CCC=CC2S1)[C@@H](O)c1ccccc1. The lowest BCUT2D eigenvalue weighted by Crippen LogP contribution is -2.35. The van der Waals surface area contributed by atoms with Crippen molar-refractivity contribution in [2.75, 3.05) is 0 Å². The number of thioether (sulfide) groups is 1. The maximum atomic E-state index is 11.0. The summed E-state index contributed by atoms with van der Waals surface area (Å²) in [6, 6.07) is 9.72. The summed E-state index contributed by atoms with van der Waals surface area (Å²) in [7, 11) is 0. The lowest BCUT2D eigenvalue weighted by Gasteiger charge is -2.22. The van der Waals surface area contributed by atoms with Gasteiger partial charge in [-0.1, -0.05) is 60.3 Å². The van der Waals surface area contributed by atoms with Crippen LogP contribution in [0.2, 0.25) is 0 Å². The molecule has 1 saturated heterocycles. The van der Waals surface area contributed by atoms with Gasteiger partial charge < -0.3 is 9.84 Å². The molecule has 1 N–H and O–H groups in total. The van der Waals surface area contributed by atoms with Gasteiger partial charge >= 0.3 is 0 Å². The number of hydrogen-bond acceptors (Lipinski definition) is 4. The first-order valence-electron chi connectivity index (χ1n) is 7.60. The van der Waals surface area contributed by atoms with Crippen molar-refractivity contribution in [1.82, 2.24) is 0 Å². The Hall–Kier alpha value is -1.36. The van der Waals surface area contributed by atoms with Crippen LogP contribution in [0, 0.1) is 0 Å². The highest BCUT2D eigenvalue weighted by atomic mass is 32.2. The van der Waals surface area contributed by atoms with Crippen LogP contribution in [0.15, 0.2) is 59.2 Å². The van der Waals surface area contributed by atoms with E-state index in [2.05, 4.69) is 18.2 Å². The number of fused-ring (bicyclic) bond motifs is 1. The van der Waals surface area contributed by atoms with E-state index in [0.29, 0.717) is 0 Å². The molecule has 2 heterocycles.